The Kier molecular flexibility index (Phi) is 9.38. The van der Waals surface area contributed by atoms with E-state index in [9.17, 15) is 22.8 Å². The molecule has 0 aliphatic carbocycles. The number of hydrogen-bond donors (Lipinski definition) is 4. The number of primary amides is 1. The number of carbonyl (C=O) groups excluding carboxylic acids is 2. The number of urea groups is 1. The number of nitrogens with two attached hydrogens (primary N) is 1. The third-order valence-corrected chi connectivity index (χ3v) is 6.64. The number of hydrogen-bond acceptors (Lipinski definition) is 7. The van der Waals surface area contributed by atoms with Crippen molar-refractivity contribution >= 4 is 23.4 Å². The second-order valence-electron chi connectivity index (χ2n) is 9.24. The van der Waals surface area contributed by atoms with Gasteiger partial charge in [-0.2, -0.15) is 0 Å². The van der Waals surface area contributed by atoms with Crippen molar-refractivity contribution in [2.24, 2.45) is 5.73 Å². The highest BCUT2D eigenvalue weighted by atomic mass is 19.2. The zero-order valence-corrected chi connectivity index (χ0v) is 22.0. The summed E-state index contributed by atoms with van der Waals surface area (Å²) in [6.45, 7) is 4.83. The van der Waals surface area contributed by atoms with Crippen molar-refractivity contribution in [1.82, 2.24) is 25.5 Å². The predicted molar refractivity (Wildman–Crippen MR) is 145 cm³/mol. The normalized spacial score (nSPS) is 13.7. The Hall–Kier alpha value is -4.39. The predicted octanol–water partition coefficient (Wildman–Crippen LogP) is 2.71. The van der Waals surface area contributed by atoms with Gasteiger partial charge in [0.05, 0.1) is 5.56 Å². The molecule has 1 saturated heterocycles. The van der Waals surface area contributed by atoms with Crippen LogP contribution in [0.25, 0.3) is 11.4 Å². The van der Waals surface area contributed by atoms with E-state index < -0.39 is 23.4 Å². The van der Waals surface area contributed by atoms with E-state index in [0.717, 1.165) is 57.0 Å². The summed E-state index contributed by atoms with van der Waals surface area (Å²) in [4.78, 5) is 36.4. The maximum absolute atomic E-state index is 14.1. The first-order valence-corrected chi connectivity index (χ1v) is 12.8. The van der Waals surface area contributed by atoms with Crippen molar-refractivity contribution in [3.63, 3.8) is 0 Å². The van der Waals surface area contributed by atoms with Gasteiger partial charge in [0.25, 0.3) is 5.91 Å². The number of amides is 3. The van der Waals surface area contributed by atoms with E-state index in [-0.39, 0.29) is 29.5 Å². The molecule has 0 radical (unpaired) electrons. The van der Waals surface area contributed by atoms with Crippen LogP contribution in [0.4, 0.5) is 29.5 Å². The SMILES string of the molecule is CNC(=O)NCCCN1CCN(c2ccc(-c3ncc(C(N)=O)c(NCc4ccc(F)c(F)c4F)n3)cc2)CC1. The number of rotatable bonds is 10. The summed E-state index contributed by atoms with van der Waals surface area (Å²) in [5.41, 5.74) is 7.01. The summed E-state index contributed by atoms with van der Waals surface area (Å²) in [5.74, 6) is -4.63. The van der Waals surface area contributed by atoms with Crippen LogP contribution >= 0.6 is 0 Å². The van der Waals surface area contributed by atoms with Crippen LogP contribution in [0.15, 0.2) is 42.6 Å². The maximum atomic E-state index is 14.1. The van der Waals surface area contributed by atoms with Crippen molar-refractivity contribution in [2.75, 3.05) is 56.5 Å². The minimum Gasteiger partial charge on any atom is -0.369 e. The molecule has 1 aliphatic heterocycles. The maximum Gasteiger partial charge on any atom is 0.314 e. The van der Waals surface area contributed by atoms with Gasteiger partial charge in [-0.1, -0.05) is 6.07 Å². The van der Waals surface area contributed by atoms with Gasteiger partial charge in [-0.15, -0.1) is 0 Å². The summed E-state index contributed by atoms with van der Waals surface area (Å²) in [6.07, 6.45) is 2.15. The monoisotopic (exact) mass is 556 g/mol. The highest BCUT2D eigenvalue weighted by Gasteiger charge is 2.19. The second kappa shape index (κ2) is 13.1. The highest BCUT2D eigenvalue weighted by molar-refractivity contribution is 5.97. The number of piperazine rings is 1. The largest absolute Gasteiger partial charge is 0.369 e. The average Bonchev–Trinajstić information content (AvgIpc) is 2.98. The van der Waals surface area contributed by atoms with Gasteiger partial charge in [-0.05, 0) is 43.3 Å². The van der Waals surface area contributed by atoms with E-state index >= 15 is 0 Å². The molecular formula is C27H31F3N8O2. The summed E-state index contributed by atoms with van der Waals surface area (Å²) in [6, 6.07) is 9.42. The molecule has 0 unspecified atom stereocenters. The zero-order chi connectivity index (χ0) is 28.6. The van der Waals surface area contributed by atoms with Gasteiger partial charge in [0.15, 0.2) is 23.3 Å². The first-order chi connectivity index (χ1) is 19.3. The third kappa shape index (κ3) is 6.97. The van der Waals surface area contributed by atoms with Crippen molar-refractivity contribution < 1.29 is 22.8 Å². The van der Waals surface area contributed by atoms with Gasteiger partial charge in [-0.25, -0.2) is 27.9 Å². The number of carbonyl (C=O) groups is 2. The minimum absolute atomic E-state index is 0.0226. The van der Waals surface area contributed by atoms with Crippen LogP contribution in [0.1, 0.15) is 22.3 Å². The molecule has 1 aliphatic rings. The van der Waals surface area contributed by atoms with Crippen molar-refractivity contribution in [1.29, 1.82) is 0 Å². The summed E-state index contributed by atoms with van der Waals surface area (Å²) in [7, 11) is 1.59. The topological polar surface area (TPSA) is 129 Å². The van der Waals surface area contributed by atoms with Gasteiger partial charge in [0.1, 0.15) is 5.82 Å². The Morgan fingerprint density at radius 2 is 1.73 bits per heavy atom. The Morgan fingerprint density at radius 3 is 2.40 bits per heavy atom. The van der Waals surface area contributed by atoms with Crippen LogP contribution in [0.5, 0.6) is 0 Å². The molecule has 212 valence electrons. The van der Waals surface area contributed by atoms with E-state index in [1.807, 2.05) is 24.3 Å². The molecule has 2 aromatic carbocycles. The molecule has 1 aromatic heterocycles. The second-order valence-corrected chi connectivity index (χ2v) is 9.24. The van der Waals surface area contributed by atoms with Crippen LogP contribution in [-0.2, 0) is 6.54 Å². The van der Waals surface area contributed by atoms with Crippen LogP contribution in [0.3, 0.4) is 0 Å². The first kappa shape index (κ1) is 28.6. The first-order valence-electron chi connectivity index (χ1n) is 12.8. The zero-order valence-electron chi connectivity index (χ0n) is 22.0. The summed E-state index contributed by atoms with van der Waals surface area (Å²) in [5, 5.41) is 8.11. The molecule has 3 amide bonds. The van der Waals surface area contributed by atoms with Crippen LogP contribution < -0.4 is 26.6 Å². The Morgan fingerprint density at radius 1 is 1.00 bits per heavy atom. The summed E-state index contributed by atoms with van der Waals surface area (Å²) >= 11 is 0. The fourth-order valence-corrected chi connectivity index (χ4v) is 4.36. The van der Waals surface area contributed by atoms with Crippen molar-refractivity contribution in [3.8, 4) is 11.4 Å². The average molecular weight is 557 g/mol. The van der Waals surface area contributed by atoms with Gasteiger partial charge in [0.2, 0.25) is 0 Å². The molecule has 0 atom stereocenters. The minimum atomic E-state index is -1.57. The smallest absolute Gasteiger partial charge is 0.314 e. The number of nitrogens with one attached hydrogen (secondary N) is 3. The van der Waals surface area contributed by atoms with E-state index in [4.69, 9.17) is 5.73 Å². The van der Waals surface area contributed by atoms with Gasteiger partial charge in [0, 0.05) is 69.3 Å². The molecule has 1 fully saturated rings. The molecule has 0 saturated carbocycles. The molecule has 0 spiro atoms. The molecule has 13 heteroatoms. The van der Waals surface area contributed by atoms with Crippen molar-refractivity contribution in [2.45, 2.75) is 13.0 Å². The lowest BCUT2D eigenvalue weighted by Crippen LogP contribution is -2.47. The van der Waals surface area contributed by atoms with Gasteiger partial charge >= 0.3 is 6.03 Å². The van der Waals surface area contributed by atoms with E-state index in [1.54, 1.807) is 7.05 Å². The fourth-order valence-electron chi connectivity index (χ4n) is 4.36. The van der Waals surface area contributed by atoms with Gasteiger partial charge in [-0.3, -0.25) is 9.69 Å². The fraction of sp³-hybridized carbons (Fsp3) is 0.333. The van der Waals surface area contributed by atoms with Crippen LogP contribution in [-0.4, -0.2) is 73.1 Å². The molecule has 2 heterocycles. The third-order valence-electron chi connectivity index (χ3n) is 6.64. The number of benzene rings is 2. The number of halogens is 3. The van der Waals surface area contributed by atoms with E-state index in [1.165, 1.54) is 6.20 Å². The lowest BCUT2D eigenvalue weighted by molar-refractivity contribution is 0.100. The lowest BCUT2D eigenvalue weighted by atomic mass is 10.1. The lowest BCUT2D eigenvalue weighted by Gasteiger charge is -2.36. The number of anilines is 2. The molecule has 40 heavy (non-hydrogen) atoms. The quantitative estimate of drug-likeness (QED) is 0.223. The standard InChI is InChI=1S/C27H31F3N8O2/c1-32-27(40)33-9-2-10-37-11-13-38(14-12-37)19-6-3-17(4-7-19)25-35-16-20(24(31)39)26(36-25)34-15-18-5-8-21(28)23(30)22(18)29/h3-8,16H,2,9-15H2,1H3,(H2,31,39)(H2,32,33,40)(H,34,35,36). The van der Waals surface area contributed by atoms with Gasteiger partial charge < -0.3 is 26.6 Å². The molecule has 4 rings (SSSR count). The Balaban J connectivity index is 1.38. The number of aromatic nitrogens is 2. The summed E-state index contributed by atoms with van der Waals surface area (Å²) < 4.78 is 40.9. The molecule has 0 bridgehead atoms. The molecule has 3 aromatic rings. The van der Waals surface area contributed by atoms with Crippen molar-refractivity contribution in [3.05, 3.63) is 71.2 Å². The molecule has 10 nitrogen and oxygen atoms in total. The Bertz CT molecular complexity index is 1350. The highest BCUT2D eigenvalue weighted by Crippen LogP contribution is 2.24. The van der Waals surface area contributed by atoms with E-state index in [2.05, 4.69) is 35.7 Å². The number of nitrogens with zero attached hydrogens (tertiary/aromatic N) is 4. The Labute approximate surface area is 229 Å². The molecule has 5 N–H and O–H groups in total. The molecular weight excluding hydrogens is 525 g/mol. The van der Waals surface area contributed by atoms with Crippen LogP contribution in [0, 0.1) is 17.5 Å². The van der Waals surface area contributed by atoms with E-state index in [0.29, 0.717) is 17.9 Å². The van der Waals surface area contributed by atoms with Crippen LogP contribution in [0.2, 0.25) is 0 Å².